The van der Waals surface area contributed by atoms with Gasteiger partial charge in [-0.1, -0.05) is 18.3 Å². The second-order valence-electron chi connectivity index (χ2n) is 4.26. The molecule has 1 amide bonds. The molecule has 1 aromatic heterocycles. The van der Waals surface area contributed by atoms with Gasteiger partial charge in [-0.15, -0.1) is 10.2 Å². The van der Waals surface area contributed by atoms with Crippen molar-refractivity contribution in [2.45, 2.75) is 26.3 Å². The minimum atomic E-state index is -3.01. The molecule has 1 saturated heterocycles. The van der Waals surface area contributed by atoms with Gasteiger partial charge in [-0.2, -0.15) is 0 Å². The molecule has 1 unspecified atom stereocenters. The summed E-state index contributed by atoms with van der Waals surface area (Å²) < 4.78 is 22.5. The van der Waals surface area contributed by atoms with Crippen molar-refractivity contribution in [3.63, 3.8) is 0 Å². The number of amides is 1. The smallest absolute Gasteiger partial charge is 0.224 e. The largest absolute Gasteiger partial charge is 0.349 e. The first-order valence-corrected chi connectivity index (χ1v) is 8.43. The highest BCUT2D eigenvalue weighted by Gasteiger charge is 2.32. The normalized spacial score (nSPS) is 21.9. The first-order valence-electron chi connectivity index (χ1n) is 5.79. The minimum absolute atomic E-state index is 0.0326. The van der Waals surface area contributed by atoms with Crippen LogP contribution in [0.15, 0.2) is 0 Å². The SMILES string of the molecule is CCc1nnc(CNC(=O)C2CCS(=O)(=O)C2)s1. The second kappa shape index (κ2) is 5.31. The van der Waals surface area contributed by atoms with Gasteiger partial charge in [0.2, 0.25) is 5.91 Å². The summed E-state index contributed by atoms with van der Waals surface area (Å²) in [7, 11) is -3.01. The molecule has 1 atom stereocenters. The molecule has 8 heteroatoms. The topological polar surface area (TPSA) is 89.0 Å². The number of aryl methyl sites for hydroxylation is 1. The number of carbonyl (C=O) groups excluding carboxylic acids is 1. The van der Waals surface area contributed by atoms with Gasteiger partial charge < -0.3 is 5.32 Å². The number of hydrogen-bond acceptors (Lipinski definition) is 6. The summed E-state index contributed by atoms with van der Waals surface area (Å²) in [5.74, 6) is -0.531. The van der Waals surface area contributed by atoms with Crippen LogP contribution >= 0.6 is 11.3 Å². The molecule has 0 aliphatic carbocycles. The van der Waals surface area contributed by atoms with Crippen LogP contribution in [0, 0.1) is 5.92 Å². The fourth-order valence-electron chi connectivity index (χ4n) is 1.81. The average molecular weight is 289 g/mol. The van der Waals surface area contributed by atoms with E-state index in [9.17, 15) is 13.2 Å². The van der Waals surface area contributed by atoms with Crippen LogP contribution in [0.5, 0.6) is 0 Å². The monoisotopic (exact) mass is 289 g/mol. The lowest BCUT2D eigenvalue weighted by Gasteiger charge is -2.07. The van der Waals surface area contributed by atoms with Crippen LogP contribution in [0.3, 0.4) is 0 Å². The van der Waals surface area contributed by atoms with E-state index in [0.29, 0.717) is 13.0 Å². The van der Waals surface area contributed by atoms with Crippen LogP contribution in [-0.2, 0) is 27.6 Å². The lowest BCUT2D eigenvalue weighted by Crippen LogP contribution is -2.30. The number of aromatic nitrogens is 2. The molecule has 1 fully saturated rings. The molecule has 2 heterocycles. The Balaban J connectivity index is 1.85. The zero-order chi connectivity index (χ0) is 13.2. The Bertz CT molecular complexity index is 538. The van der Waals surface area contributed by atoms with Crippen LogP contribution in [-0.4, -0.2) is 36.0 Å². The molecule has 1 aliphatic rings. The first kappa shape index (κ1) is 13.4. The Morgan fingerprint density at radius 3 is 2.72 bits per heavy atom. The maximum absolute atomic E-state index is 11.8. The zero-order valence-corrected chi connectivity index (χ0v) is 11.7. The van der Waals surface area contributed by atoms with Crippen LogP contribution in [0.4, 0.5) is 0 Å². The molecule has 6 nitrogen and oxygen atoms in total. The van der Waals surface area contributed by atoms with E-state index in [1.54, 1.807) is 0 Å². The summed E-state index contributed by atoms with van der Waals surface area (Å²) in [5, 5.41) is 12.3. The molecule has 100 valence electrons. The Kier molecular flexibility index (Phi) is 3.96. The molecule has 0 saturated carbocycles. The molecule has 0 aromatic carbocycles. The number of rotatable bonds is 4. The van der Waals surface area contributed by atoms with Crippen molar-refractivity contribution in [1.29, 1.82) is 0 Å². The quantitative estimate of drug-likeness (QED) is 0.852. The lowest BCUT2D eigenvalue weighted by atomic mass is 10.1. The standard InChI is InChI=1S/C10H15N3O3S2/c1-2-8-12-13-9(17-8)5-11-10(14)7-3-4-18(15,16)6-7/h7H,2-6H2,1H3,(H,11,14). The first-order chi connectivity index (χ1) is 8.50. The molecule has 0 spiro atoms. The Hall–Kier alpha value is -1.02. The molecule has 0 radical (unpaired) electrons. The summed E-state index contributed by atoms with van der Waals surface area (Å²) in [4.78, 5) is 11.8. The summed E-state index contributed by atoms with van der Waals surface area (Å²) in [6.45, 7) is 2.32. The maximum atomic E-state index is 11.8. The van der Waals surface area contributed by atoms with Gasteiger partial charge in [0, 0.05) is 0 Å². The predicted octanol–water partition coefficient (Wildman–Crippen LogP) is 0.151. The molecule has 1 aromatic rings. The van der Waals surface area contributed by atoms with Gasteiger partial charge in [0.15, 0.2) is 9.84 Å². The fraction of sp³-hybridized carbons (Fsp3) is 0.700. The van der Waals surface area contributed by atoms with Crippen molar-refractivity contribution in [3.05, 3.63) is 10.0 Å². The predicted molar refractivity (Wildman–Crippen MR) is 67.9 cm³/mol. The van der Waals surface area contributed by atoms with Crippen molar-refractivity contribution < 1.29 is 13.2 Å². The van der Waals surface area contributed by atoms with Gasteiger partial charge in [0.25, 0.3) is 0 Å². The van der Waals surface area contributed by atoms with Gasteiger partial charge in [-0.3, -0.25) is 4.79 Å². The van der Waals surface area contributed by atoms with Crippen molar-refractivity contribution in [2.75, 3.05) is 11.5 Å². The van der Waals surface area contributed by atoms with Gasteiger partial charge in [-0.25, -0.2) is 8.42 Å². The number of nitrogens with zero attached hydrogens (tertiary/aromatic N) is 2. The van der Waals surface area contributed by atoms with E-state index >= 15 is 0 Å². The molecule has 0 bridgehead atoms. The molecule has 1 aliphatic heterocycles. The van der Waals surface area contributed by atoms with Crippen LogP contribution in [0.1, 0.15) is 23.4 Å². The average Bonchev–Trinajstić information content (AvgIpc) is 2.92. The molecule has 1 N–H and O–H groups in total. The van der Waals surface area contributed by atoms with Crippen LogP contribution < -0.4 is 5.32 Å². The van der Waals surface area contributed by atoms with E-state index in [1.807, 2.05) is 6.92 Å². The minimum Gasteiger partial charge on any atom is -0.349 e. The fourth-order valence-corrected chi connectivity index (χ4v) is 4.28. The van der Waals surface area contributed by atoms with Crippen molar-refractivity contribution in [1.82, 2.24) is 15.5 Å². The van der Waals surface area contributed by atoms with Gasteiger partial charge in [-0.05, 0) is 12.8 Å². The number of nitrogens with one attached hydrogen (secondary N) is 1. The van der Waals surface area contributed by atoms with E-state index in [2.05, 4.69) is 15.5 Å². The van der Waals surface area contributed by atoms with E-state index in [1.165, 1.54) is 11.3 Å². The van der Waals surface area contributed by atoms with Crippen LogP contribution in [0.2, 0.25) is 0 Å². The third-order valence-electron chi connectivity index (χ3n) is 2.83. The van der Waals surface area contributed by atoms with Crippen molar-refractivity contribution in [3.8, 4) is 0 Å². The van der Waals surface area contributed by atoms with Crippen molar-refractivity contribution in [2.24, 2.45) is 5.92 Å². The third-order valence-corrected chi connectivity index (χ3v) is 5.66. The number of sulfone groups is 1. The lowest BCUT2D eigenvalue weighted by molar-refractivity contribution is -0.124. The van der Waals surface area contributed by atoms with Crippen molar-refractivity contribution >= 4 is 27.1 Å². The maximum Gasteiger partial charge on any atom is 0.224 e. The van der Waals surface area contributed by atoms with E-state index < -0.39 is 15.8 Å². The van der Waals surface area contributed by atoms with Gasteiger partial charge in [0.05, 0.1) is 24.0 Å². The molecule has 18 heavy (non-hydrogen) atoms. The summed E-state index contributed by atoms with van der Waals surface area (Å²) in [6.07, 6.45) is 1.25. The molecular weight excluding hydrogens is 274 g/mol. The van der Waals surface area contributed by atoms with E-state index in [-0.39, 0.29) is 17.4 Å². The summed E-state index contributed by atoms with van der Waals surface area (Å²) in [5.41, 5.74) is 0. The van der Waals surface area contributed by atoms with E-state index in [0.717, 1.165) is 16.4 Å². The van der Waals surface area contributed by atoms with Gasteiger partial charge in [0.1, 0.15) is 10.0 Å². The molecular formula is C10H15N3O3S2. The summed E-state index contributed by atoms with van der Waals surface area (Å²) >= 11 is 1.46. The van der Waals surface area contributed by atoms with E-state index in [4.69, 9.17) is 0 Å². The highest BCUT2D eigenvalue weighted by atomic mass is 32.2. The highest BCUT2D eigenvalue weighted by molar-refractivity contribution is 7.91. The highest BCUT2D eigenvalue weighted by Crippen LogP contribution is 2.18. The third kappa shape index (κ3) is 3.26. The van der Waals surface area contributed by atoms with Crippen LogP contribution in [0.25, 0.3) is 0 Å². The number of hydrogen-bond donors (Lipinski definition) is 1. The Morgan fingerprint density at radius 1 is 1.44 bits per heavy atom. The number of carbonyl (C=O) groups is 1. The zero-order valence-electron chi connectivity index (χ0n) is 10.0. The Morgan fingerprint density at radius 2 is 2.17 bits per heavy atom. The van der Waals surface area contributed by atoms with Gasteiger partial charge >= 0.3 is 0 Å². The Labute approximate surface area is 110 Å². The molecule has 2 rings (SSSR count). The second-order valence-corrected chi connectivity index (χ2v) is 7.64. The summed E-state index contributed by atoms with van der Waals surface area (Å²) in [6, 6.07) is 0.